The summed E-state index contributed by atoms with van der Waals surface area (Å²) in [7, 11) is -7.13. The van der Waals surface area contributed by atoms with Crippen LogP contribution < -0.4 is 4.90 Å². The average molecular weight is 500 g/mol. The van der Waals surface area contributed by atoms with Crippen LogP contribution in [0.1, 0.15) is 32.3 Å². The maximum absolute atomic E-state index is 13.7. The highest BCUT2D eigenvalue weighted by Crippen LogP contribution is 2.35. The second-order valence-corrected chi connectivity index (χ2v) is 13.3. The molecule has 3 aliphatic rings. The van der Waals surface area contributed by atoms with E-state index in [9.17, 15) is 21.6 Å². The second-order valence-electron chi connectivity index (χ2n) is 9.21. The van der Waals surface area contributed by atoms with E-state index in [2.05, 4.69) is 4.90 Å². The Kier molecular flexibility index (Phi) is 7.16. The number of nitrogens with zero attached hydrogens (tertiary/aromatic N) is 3. The van der Waals surface area contributed by atoms with Crippen molar-refractivity contribution in [2.45, 2.75) is 50.1 Å². The summed E-state index contributed by atoms with van der Waals surface area (Å²) in [6, 6.07) is 4.32. The molecule has 1 aromatic rings. The fourth-order valence-electron chi connectivity index (χ4n) is 5.16. The number of carbonyl (C=O) groups is 1. The van der Waals surface area contributed by atoms with E-state index in [4.69, 9.17) is 4.74 Å². The Morgan fingerprint density at radius 3 is 2.61 bits per heavy atom. The molecular weight excluding hydrogens is 466 g/mol. The van der Waals surface area contributed by atoms with Crippen LogP contribution in [0.4, 0.5) is 5.69 Å². The summed E-state index contributed by atoms with van der Waals surface area (Å²) in [5.74, 6) is -0.190. The van der Waals surface area contributed by atoms with E-state index in [0.29, 0.717) is 32.5 Å². The van der Waals surface area contributed by atoms with E-state index < -0.39 is 25.9 Å². The van der Waals surface area contributed by atoms with Crippen LogP contribution in [0.15, 0.2) is 23.1 Å². The summed E-state index contributed by atoms with van der Waals surface area (Å²) in [6.07, 6.45) is 1.53. The lowest BCUT2D eigenvalue weighted by Crippen LogP contribution is -2.43. The lowest BCUT2D eigenvalue weighted by Gasteiger charge is -2.30. The van der Waals surface area contributed by atoms with Crippen LogP contribution in [-0.4, -0.2) is 94.9 Å². The molecule has 0 aliphatic carbocycles. The SMILES string of the molecule is CC(=O)N1c2ccc(S(=O)(=O)N(CCCN3CCOCC3)C3CCS(=O)(=O)C3)cc2CC1C. The van der Waals surface area contributed by atoms with Crippen LogP contribution in [0.3, 0.4) is 0 Å². The van der Waals surface area contributed by atoms with Gasteiger partial charge >= 0.3 is 0 Å². The van der Waals surface area contributed by atoms with Crippen molar-refractivity contribution in [1.29, 1.82) is 0 Å². The fourth-order valence-corrected chi connectivity index (χ4v) is 8.73. The van der Waals surface area contributed by atoms with Crippen LogP contribution >= 0.6 is 0 Å². The molecule has 1 aromatic carbocycles. The molecule has 2 unspecified atom stereocenters. The monoisotopic (exact) mass is 499 g/mol. The van der Waals surface area contributed by atoms with Crippen LogP contribution in [0.5, 0.6) is 0 Å². The highest BCUT2D eigenvalue weighted by molar-refractivity contribution is 7.92. The molecule has 0 bridgehead atoms. The van der Waals surface area contributed by atoms with Gasteiger partial charge in [-0.15, -0.1) is 0 Å². The number of ether oxygens (including phenoxy) is 1. The van der Waals surface area contributed by atoms with Gasteiger partial charge in [0.1, 0.15) is 0 Å². The van der Waals surface area contributed by atoms with Crippen molar-refractivity contribution < 1.29 is 26.4 Å². The molecule has 2 fully saturated rings. The first-order chi connectivity index (χ1) is 15.6. The fraction of sp³-hybridized carbons (Fsp3) is 0.682. The van der Waals surface area contributed by atoms with Gasteiger partial charge in [-0.05, 0) is 56.5 Å². The third-order valence-corrected chi connectivity index (χ3v) is 10.5. The smallest absolute Gasteiger partial charge is 0.243 e. The number of hydrogen-bond acceptors (Lipinski definition) is 7. The summed E-state index contributed by atoms with van der Waals surface area (Å²) >= 11 is 0. The Morgan fingerprint density at radius 1 is 1.24 bits per heavy atom. The largest absolute Gasteiger partial charge is 0.379 e. The maximum atomic E-state index is 13.7. The van der Waals surface area contributed by atoms with Gasteiger partial charge in [-0.2, -0.15) is 4.31 Å². The lowest BCUT2D eigenvalue weighted by molar-refractivity contribution is -0.116. The van der Waals surface area contributed by atoms with Crippen LogP contribution in [0.2, 0.25) is 0 Å². The average Bonchev–Trinajstić information content (AvgIpc) is 3.28. The molecule has 0 radical (unpaired) electrons. The van der Waals surface area contributed by atoms with E-state index in [1.54, 1.807) is 23.1 Å². The van der Waals surface area contributed by atoms with Crippen molar-refractivity contribution in [3.05, 3.63) is 23.8 Å². The molecule has 33 heavy (non-hydrogen) atoms. The third-order valence-electron chi connectivity index (χ3n) is 6.78. The number of carbonyl (C=O) groups excluding carboxylic acids is 1. The Hall–Kier alpha value is -1.53. The summed E-state index contributed by atoms with van der Waals surface area (Å²) in [5.41, 5.74) is 1.57. The van der Waals surface area contributed by atoms with Gasteiger partial charge in [-0.1, -0.05) is 0 Å². The molecule has 0 aromatic heterocycles. The molecule has 0 saturated carbocycles. The molecule has 0 N–H and O–H groups in total. The topological polar surface area (TPSA) is 104 Å². The first kappa shape index (κ1) is 24.6. The quantitative estimate of drug-likeness (QED) is 0.549. The van der Waals surface area contributed by atoms with Gasteiger partial charge in [0.2, 0.25) is 15.9 Å². The number of sulfone groups is 1. The Labute approximate surface area is 196 Å². The number of amides is 1. The first-order valence-electron chi connectivity index (χ1n) is 11.5. The number of anilines is 1. The molecule has 0 spiro atoms. The lowest BCUT2D eigenvalue weighted by atomic mass is 10.1. The van der Waals surface area contributed by atoms with Crippen molar-refractivity contribution >= 4 is 31.5 Å². The minimum Gasteiger partial charge on any atom is -0.379 e. The molecule has 4 rings (SSSR count). The normalized spacial score (nSPS) is 25.5. The maximum Gasteiger partial charge on any atom is 0.243 e. The number of sulfonamides is 1. The van der Waals surface area contributed by atoms with E-state index >= 15 is 0 Å². The zero-order valence-electron chi connectivity index (χ0n) is 19.3. The van der Waals surface area contributed by atoms with Crippen LogP contribution in [0.25, 0.3) is 0 Å². The summed E-state index contributed by atoms with van der Waals surface area (Å²) in [6.45, 7) is 7.45. The molecule has 2 atom stereocenters. The van der Waals surface area contributed by atoms with E-state index in [1.165, 1.54) is 11.2 Å². The Balaban J connectivity index is 1.57. The van der Waals surface area contributed by atoms with E-state index in [1.807, 2.05) is 6.92 Å². The zero-order chi connectivity index (χ0) is 23.8. The number of hydrogen-bond donors (Lipinski definition) is 0. The molecule has 184 valence electrons. The van der Waals surface area contributed by atoms with Crippen molar-refractivity contribution in [2.24, 2.45) is 0 Å². The van der Waals surface area contributed by atoms with Crippen molar-refractivity contribution in [1.82, 2.24) is 9.21 Å². The first-order valence-corrected chi connectivity index (χ1v) is 14.8. The standard InChI is InChI=1S/C22H33N3O6S2/c1-17-14-19-15-21(4-5-22(19)25(17)18(2)26)33(29,30)24(20-6-13-32(27,28)16-20)8-3-7-23-9-11-31-12-10-23/h4-5,15,17,20H,3,6-14,16H2,1-2H3. The van der Waals surface area contributed by atoms with Gasteiger partial charge in [0, 0.05) is 44.3 Å². The molecule has 2 saturated heterocycles. The number of morpholine rings is 1. The highest BCUT2D eigenvalue weighted by Gasteiger charge is 2.39. The third kappa shape index (κ3) is 5.27. The second kappa shape index (κ2) is 9.61. The Bertz CT molecular complexity index is 1100. The van der Waals surface area contributed by atoms with Crippen LogP contribution in [-0.2, 0) is 35.8 Å². The van der Waals surface area contributed by atoms with Crippen molar-refractivity contribution in [3.8, 4) is 0 Å². The molecular formula is C22H33N3O6S2. The minimum absolute atomic E-state index is 0.0163. The summed E-state index contributed by atoms with van der Waals surface area (Å²) < 4.78 is 58.5. The minimum atomic E-state index is -3.89. The Morgan fingerprint density at radius 2 is 1.97 bits per heavy atom. The number of benzene rings is 1. The predicted octanol–water partition coefficient (Wildman–Crippen LogP) is 0.884. The van der Waals surface area contributed by atoms with Gasteiger partial charge < -0.3 is 9.64 Å². The van der Waals surface area contributed by atoms with Gasteiger partial charge in [0.25, 0.3) is 0 Å². The van der Waals surface area contributed by atoms with Gasteiger partial charge in [-0.3, -0.25) is 9.69 Å². The van der Waals surface area contributed by atoms with Crippen molar-refractivity contribution in [3.63, 3.8) is 0 Å². The van der Waals surface area contributed by atoms with E-state index in [-0.39, 0.29) is 34.9 Å². The molecule has 11 heteroatoms. The van der Waals surface area contributed by atoms with Gasteiger partial charge in [-0.25, -0.2) is 16.8 Å². The van der Waals surface area contributed by atoms with Crippen molar-refractivity contribution in [2.75, 3.05) is 55.8 Å². The summed E-state index contributed by atoms with van der Waals surface area (Å²) in [5, 5.41) is 0. The summed E-state index contributed by atoms with van der Waals surface area (Å²) in [4.78, 5) is 16.1. The predicted molar refractivity (Wildman–Crippen MR) is 126 cm³/mol. The molecule has 3 aliphatic heterocycles. The molecule has 3 heterocycles. The number of fused-ring (bicyclic) bond motifs is 1. The van der Waals surface area contributed by atoms with Gasteiger partial charge in [0.15, 0.2) is 9.84 Å². The molecule has 1 amide bonds. The highest BCUT2D eigenvalue weighted by atomic mass is 32.2. The zero-order valence-corrected chi connectivity index (χ0v) is 20.9. The van der Waals surface area contributed by atoms with E-state index in [0.717, 1.165) is 30.9 Å². The van der Waals surface area contributed by atoms with Crippen LogP contribution in [0, 0.1) is 0 Å². The molecule has 9 nitrogen and oxygen atoms in total. The number of rotatable bonds is 7. The van der Waals surface area contributed by atoms with Gasteiger partial charge in [0.05, 0.1) is 29.6 Å².